The van der Waals surface area contributed by atoms with E-state index in [1.807, 2.05) is 26.2 Å². The Bertz CT molecular complexity index is 520. The third kappa shape index (κ3) is 4.54. The van der Waals surface area contributed by atoms with E-state index in [1.165, 1.54) is 10.4 Å². The van der Waals surface area contributed by atoms with Crippen molar-refractivity contribution in [2.45, 2.75) is 13.5 Å². The molecule has 0 atom stereocenters. The molecule has 108 valence electrons. The largest absolute Gasteiger partial charge is 0.492 e. The van der Waals surface area contributed by atoms with Crippen LogP contribution in [0.5, 0.6) is 5.75 Å². The molecule has 0 fully saturated rings. The van der Waals surface area contributed by atoms with E-state index in [0.29, 0.717) is 6.61 Å². The molecule has 20 heavy (non-hydrogen) atoms. The van der Waals surface area contributed by atoms with E-state index >= 15 is 0 Å². The van der Waals surface area contributed by atoms with Crippen LogP contribution in [0.2, 0.25) is 0 Å². The van der Waals surface area contributed by atoms with E-state index in [4.69, 9.17) is 4.74 Å². The molecule has 0 amide bonds. The monoisotopic (exact) mass is 290 g/mol. The second-order valence-corrected chi connectivity index (χ2v) is 6.06. The van der Waals surface area contributed by atoms with Gasteiger partial charge in [0.05, 0.1) is 0 Å². The summed E-state index contributed by atoms with van der Waals surface area (Å²) >= 11 is 1.79. The Morgan fingerprint density at radius 1 is 1.15 bits per heavy atom. The van der Waals surface area contributed by atoms with Gasteiger partial charge in [-0.05, 0) is 62.3 Å². The summed E-state index contributed by atoms with van der Waals surface area (Å²) in [6.45, 7) is 4.67. The van der Waals surface area contributed by atoms with Crippen molar-refractivity contribution in [2.75, 3.05) is 32.6 Å². The Hall–Kier alpha value is -1.52. The van der Waals surface area contributed by atoms with Gasteiger partial charge in [-0.2, -0.15) is 0 Å². The Kier molecular flexibility index (Phi) is 5.44. The molecule has 1 aromatic carbocycles. The summed E-state index contributed by atoms with van der Waals surface area (Å²) in [5.74, 6) is 0.921. The fourth-order valence-corrected chi connectivity index (χ4v) is 2.63. The quantitative estimate of drug-likeness (QED) is 0.843. The number of benzene rings is 1. The number of nitrogens with one attached hydrogen (secondary N) is 1. The van der Waals surface area contributed by atoms with Crippen molar-refractivity contribution in [1.82, 2.24) is 4.90 Å². The SMILES string of the molecule is Cc1ccsc1CNc1ccc(OCCN(C)C)cc1. The van der Waals surface area contributed by atoms with Gasteiger partial charge >= 0.3 is 0 Å². The van der Waals surface area contributed by atoms with Gasteiger partial charge in [0.25, 0.3) is 0 Å². The van der Waals surface area contributed by atoms with Crippen LogP contribution < -0.4 is 10.1 Å². The number of nitrogens with zero attached hydrogens (tertiary/aromatic N) is 1. The van der Waals surface area contributed by atoms with Crippen LogP contribution in [-0.4, -0.2) is 32.1 Å². The summed E-state index contributed by atoms with van der Waals surface area (Å²) in [5.41, 5.74) is 2.48. The van der Waals surface area contributed by atoms with Crippen molar-refractivity contribution in [3.05, 3.63) is 46.2 Å². The van der Waals surface area contributed by atoms with E-state index in [2.05, 4.69) is 40.7 Å². The van der Waals surface area contributed by atoms with Crippen LogP contribution in [0, 0.1) is 6.92 Å². The number of anilines is 1. The minimum Gasteiger partial charge on any atom is -0.492 e. The van der Waals surface area contributed by atoms with Crippen molar-refractivity contribution in [1.29, 1.82) is 0 Å². The highest BCUT2D eigenvalue weighted by molar-refractivity contribution is 7.10. The molecule has 4 heteroatoms. The highest BCUT2D eigenvalue weighted by atomic mass is 32.1. The van der Waals surface area contributed by atoms with Gasteiger partial charge in [-0.25, -0.2) is 0 Å². The first-order valence-corrected chi connectivity index (χ1v) is 7.67. The smallest absolute Gasteiger partial charge is 0.119 e. The molecule has 0 aliphatic rings. The highest BCUT2D eigenvalue weighted by Crippen LogP contribution is 2.19. The van der Waals surface area contributed by atoms with Gasteiger partial charge in [-0.1, -0.05) is 0 Å². The van der Waals surface area contributed by atoms with Crippen LogP contribution >= 0.6 is 11.3 Å². The first-order valence-electron chi connectivity index (χ1n) is 6.79. The van der Waals surface area contributed by atoms with Crippen molar-refractivity contribution < 1.29 is 4.74 Å². The van der Waals surface area contributed by atoms with E-state index < -0.39 is 0 Å². The van der Waals surface area contributed by atoms with Crippen LogP contribution in [0.25, 0.3) is 0 Å². The molecule has 0 radical (unpaired) electrons. The molecule has 0 bridgehead atoms. The molecule has 0 aliphatic heterocycles. The third-order valence-electron chi connectivity index (χ3n) is 3.08. The summed E-state index contributed by atoms with van der Waals surface area (Å²) in [7, 11) is 4.09. The van der Waals surface area contributed by atoms with Crippen molar-refractivity contribution in [3.8, 4) is 5.75 Å². The predicted molar refractivity (Wildman–Crippen MR) is 86.9 cm³/mol. The average molecular weight is 290 g/mol. The molecule has 0 aliphatic carbocycles. The molecular weight excluding hydrogens is 268 g/mol. The second-order valence-electron chi connectivity index (χ2n) is 5.06. The number of hydrogen-bond donors (Lipinski definition) is 1. The number of thiophene rings is 1. The molecule has 1 aromatic heterocycles. The molecule has 0 spiro atoms. The number of hydrogen-bond acceptors (Lipinski definition) is 4. The molecule has 0 saturated carbocycles. The molecular formula is C16H22N2OS. The van der Waals surface area contributed by atoms with Crippen molar-refractivity contribution in [2.24, 2.45) is 0 Å². The summed E-state index contributed by atoms with van der Waals surface area (Å²) in [4.78, 5) is 3.50. The number of rotatable bonds is 7. The number of aryl methyl sites for hydroxylation is 1. The molecule has 3 nitrogen and oxygen atoms in total. The van der Waals surface area contributed by atoms with Gasteiger partial charge < -0.3 is 15.0 Å². The topological polar surface area (TPSA) is 24.5 Å². The highest BCUT2D eigenvalue weighted by Gasteiger charge is 2.00. The van der Waals surface area contributed by atoms with Crippen LogP contribution in [0.15, 0.2) is 35.7 Å². The zero-order valence-corrected chi connectivity index (χ0v) is 13.2. The molecule has 1 N–H and O–H groups in total. The summed E-state index contributed by atoms with van der Waals surface area (Å²) in [5, 5.41) is 5.57. The fraction of sp³-hybridized carbons (Fsp3) is 0.375. The predicted octanol–water partition coefficient (Wildman–Crippen LogP) is 3.61. The zero-order valence-electron chi connectivity index (χ0n) is 12.3. The number of ether oxygens (including phenoxy) is 1. The Morgan fingerprint density at radius 2 is 1.90 bits per heavy atom. The van der Waals surface area contributed by atoms with Crippen LogP contribution in [0.3, 0.4) is 0 Å². The van der Waals surface area contributed by atoms with E-state index in [1.54, 1.807) is 11.3 Å². The summed E-state index contributed by atoms with van der Waals surface area (Å²) in [6.07, 6.45) is 0. The normalized spacial score (nSPS) is 10.8. The molecule has 0 unspecified atom stereocenters. The maximum absolute atomic E-state index is 5.67. The van der Waals surface area contributed by atoms with E-state index in [-0.39, 0.29) is 0 Å². The third-order valence-corrected chi connectivity index (χ3v) is 4.11. The standard InChI is InChI=1S/C16H22N2OS/c1-13-8-11-20-16(13)12-17-14-4-6-15(7-5-14)19-10-9-18(2)3/h4-8,11,17H,9-10,12H2,1-3H3. The minimum absolute atomic E-state index is 0.716. The van der Waals surface area contributed by atoms with Gasteiger partial charge in [-0.15, -0.1) is 11.3 Å². The summed E-state index contributed by atoms with van der Waals surface area (Å²) in [6, 6.07) is 10.3. The molecule has 1 heterocycles. The maximum Gasteiger partial charge on any atom is 0.119 e. The maximum atomic E-state index is 5.67. The lowest BCUT2D eigenvalue weighted by Gasteiger charge is -2.11. The van der Waals surface area contributed by atoms with Crippen molar-refractivity contribution >= 4 is 17.0 Å². The van der Waals surface area contributed by atoms with Crippen molar-refractivity contribution in [3.63, 3.8) is 0 Å². The lowest BCUT2D eigenvalue weighted by atomic mass is 10.2. The Balaban J connectivity index is 1.81. The zero-order chi connectivity index (χ0) is 14.4. The lowest BCUT2D eigenvalue weighted by molar-refractivity contribution is 0.261. The van der Waals surface area contributed by atoms with E-state index in [9.17, 15) is 0 Å². The molecule has 0 saturated heterocycles. The van der Waals surface area contributed by atoms with Gasteiger partial charge in [0.1, 0.15) is 12.4 Å². The van der Waals surface area contributed by atoms with Crippen LogP contribution in [-0.2, 0) is 6.54 Å². The van der Waals surface area contributed by atoms with Gasteiger partial charge in [0.15, 0.2) is 0 Å². The van der Waals surface area contributed by atoms with Crippen LogP contribution in [0.1, 0.15) is 10.4 Å². The molecule has 2 aromatic rings. The van der Waals surface area contributed by atoms with E-state index in [0.717, 1.165) is 24.5 Å². The number of likely N-dealkylation sites (N-methyl/N-ethyl adjacent to an activating group) is 1. The van der Waals surface area contributed by atoms with Gasteiger partial charge in [-0.3, -0.25) is 0 Å². The minimum atomic E-state index is 0.716. The second kappa shape index (κ2) is 7.31. The average Bonchev–Trinajstić information content (AvgIpc) is 2.83. The van der Waals surface area contributed by atoms with Gasteiger partial charge in [0.2, 0.25) is 0 Å². The first kappa shape index (κ1) is 14.9. The molecule has 2 rings (SSSR count). The lowest BCUT2D eigenvalue weighted by Crippen LogP contribution is -2.19. The fourth-order valence-electron chi connectivity index (χ4n) is 1.78. The van der Waals surface area contributed by atoms with Crippen LogP contribution in [0.4, 0.5) is 5.69 Å². The Labute approximate surface area is 125 Å². The first-order chi connectivity index (χ1) is 9.65. The Morgan fingerprint density at radius 3 is 2.50 bits per heavy atom. The van der Waals surface area contributed by atoms with Gasteiger partial charge in [0, 0.05) is 23.7 Å². The summed E-state index contributed by atoms with van der Waals surface area (Å²) < 4.78 is 5.67.